The van der Waals surface area contributed by atoms with Crippen molar-refractivity contribution in [3.8, 4) is 0 Å². The summed E-state index contributed by atoms with van der Waals surface area (Å²) in [4.78, 5) is 0. The number of aromatic nitrogens is 2. The minimum Gasteiger partial charge on any atom is -0.234 e. The van der Waals surface area contributed by atoms with E-state index in [1.807, 2.05) is 0 Å². The van der Waals surface area contributed by atoms with Gasteiger partial charge in [-0.25, -0.2) is 9.13 Å². The number of imidazole rings is 1. The Morgan fingerprint density at radius 1 is 1.38 bits per heavy atom. The third kappa shape index (κ3) is 2.33. The van der Waals surface area contributed by atoms with Crippen molar-refractivity contribution in [3.05, 3.63) is 18.7 Å². The van der Waals surface area contributed by atoms with Crippen molar-refractivity contribution in [2.45, 2.75) is 52.6 Å². The van der Waals surface area contributed by atoms with Gasteiger partial charge in [-0.2, -0.15) is 0 Å². The fraction of sp³-hybridized carbons (Fsp3) is 0.727. The molecule has 0 radical (unpaired) electrons. The largest absolute Gasteiger partial charge is 0.244 e. The average molecular weight is 181 g/mol. The van der Waals surface area contributed by atoms with Gasteiger partial charge in [0.15, 0.2) is 0 Å². The quantitative estimate of drug-likeness (QED) is 0.620. The Kier molecular flexibility index (Phi) is 2.79. The van der Waals surface area contributed by atoms with Gasteiger partial charge in [-0.05, 0) is 34.1 Å². The average Bonchev–Trinajstić information content (AvgIpc) is 2.50. The summed E-state index contributed by atoms with van der Waals surface area (Å²) in [6.07, 6.45) is 7.67. The zero-order valence-corrected chi connectivity index (χ0v) is 9.41. The minimum atomic E-state index is 0.193. The highest BCUT2D eigenvalue weighted by molar-refractivity contribution is 4.78. The molecule has 0 saturated heterocycles. The molecular weight excluding hydrogens is 160 g/mol. The van der Waals surface area contributed by atoms with E-state index in [0.29, 0.717) is 6.04 Å². The molecular formula is C11H21N2+. The zero-order chi connectivity index (χ0) is 10.1. The van der Waals surface area contributed by atoms with E-state index < -0.39 is 0 Å². The van der Waals surface area contributed by atoms with Crippen LogP contribution in [0.15, 0.2) is 18.7 Å². The molecule has 0 bridgehead atoms. The molecule has 74 valence electrons. The van der Waals surface area contributed by atoms with Gasteiger partial charge in [0.1, 0.15) is 17.9 Å². The Balaban J connectivity index is 2.87. The highest BCUT2D eigenvalue weighted by Gasteiger charge is 2.20. The standard InChI is InChI=1S/C11H21N2/c1-6-10(2)12-7-8-13(9-12)11(3,4)5/h7-10H,6H2,1-5H3/q+1. The van der Waals surface area contributed by atoms with Crippen LogP contribution in [0, 0.1) is 0 Å². The van der Waals surface area contributed by atoms with Gasteiger partial charge < -0.3 is 0 Å². The first-order valence-electron chi connectivity index (χ1n) is 5.04. The van der Waals surface area contributed by atoms with Crippen LogP contribution in [-0.4, -0.2) is 4.57 Å². The smallest absolute Gasteiger partial charge is 0.234 e. The summed E-state index contributed by atoms with van der Waals surface area (Å²) < 4.78 is 4.52. The van der Waals surface area contributed by atoms with E-state index in [-0.39, 0.29) is 5.54 Å². The van der Waals surface area contributed by atoms with Crippen molar-refractivity contribution >= 4 is 0 Å². The second kappa shape index (κ2) is 3.52. The first kappa shape index (κ1) is 10.3. The van der Waals surface area contributed by atoms with E-state index >= 15 is 0 Å². The monoisotopic (exact) mass is 181 g/mol. The van der Waals surface area contributed by atoms with Gasteiger partial charge in [-0.15, -0.1) is 0 Å². The molecule has 1 unspecified atom stereocenters. The summed E-state index contributed by atoms with van der Waals surface area (Å²) in [5, 5.41) is 0. The van der Waals surface area contributed by atoms with Crippen molar-refractivity contribution in [1.29, 1.82) is 0 Å². The second-order valence-electron chi connectivity index (χ2n) is 4.70. The van der Waals surface area contributed by atoms with Crippen LogP contribution in [0.25, 0.3) is 0 Å². The predicted octanol–water partition coefficient (Wildman–Crippen LogP) is 2.50. The molecule has 0 N–H and O–H groups in total. The molecule has 0 aliphatic heterocycles. The van der Waals surface area contributed by atoms with Gasteiger partial charge in [0.05, 0.1) is 6.04 Å². The molecule has 1 rings (SSSR count). The van der Waals surface area contributed by atoms with Crippen LogP contribution in [0.3, 0.4) is 0 Å². The first-order valence-corrected chi connectivity index (χ1v) is 5.04. The van der Waals surface area contributed by atoms with Crippen molar-refractivity contribution in [2.75, 3.05) is 0 Å². The van der Waals surface area contributed by atoms with Crippen LogP contribution in [-0.2, 0) is 5.54 Å². The number of nitrogens with zero attached hydrogens (tertiary/aromatic N) is 2. The summed E-state index contributed by atoms with van der Waals surface area (Å²) in [7, 11) is 0. The first-order chi connectivity index (χ1) is 5.95. The molecule has 2 nitrogen and oxygen atoms in total. The fourth-order valence-electron chi connectivity index (χ4n) is 1.24. The van der Waals surface area contributed by atoms with E-state index in [4.69, 9.17) is 0 Å². The summed E-state index contributed by atoms with van der Waals surface area (Å²) >= 11 is 0. The van der Waals surface area contributed by atoms with E-state index in [2.05, 4.69) is 62.5 Å². The molecule has 1 aromatic heterocycles. The number of hydrogen-bond acceptors (Lipinski definition) is 0. The topological polar surface area (TPSA) is 8.81 Å². The van der Waals surface area contributed by atoms with Crippen LogP contribution in [0.2, 0.25) is 0 Å². The lowest BCUT2D eigenvalue weighted by atomic mass is 10.1. The summed E-state index contributed by atoms with van der Waals surface area (Å²) in [5.41, 5.74) is 0.193. The number of rotatable bonds is 2. The highest BCUT2D eigenvalue weighted by Crippen LogP contribution is 2.12. The van der Waals surface area contributed by atoms with Crippen LogP contribution in [0.1, 0.15) is 47.1 Å². The van der Waals surface area contributed by atoms with Gasteiger partial charge >= 0.3 is 0 Å². The second-order valence-corrected chi connectivity index (χ2v) is 4.70. The van der Waals surface area contributed by atoms with E-state index in [0.717, 1.165) is 0 Å². The lowest BCUT2D eigenvalue weighted by Gasteiger charge is -2.13. The van der Waals surface area contributed by atoms with E-state index in [1.54, 1.807) is 0 Å². The minimum absolute atomic E-state index is 0.193. The molecule has 0 aliphatic carbocycles. The Bertz CT molecular complexity index is 268. The van der Waals surface area contributed by atoms with Crippen LogP contribution in [0.5, 0.6) is 0 Å². The molecule has 1 aromatic rings. The lowest BCUT2D eigenvalue weighted by Crippen LogP contribution is -2.36. The molecule has 1 atom stereocenters. The molecule has 0 saturated carbocycles. The fourth-order valence-corrected chi connectivity index (χ4v) is 1.24. The Morgan fingerprint density at radius 3 is 2.38 bits per heavy atom. The van der Waals surface area contributed by atoms with Crippen LogP contribution < -0.4 is 4.57 Å². The zero-order valence-electron chi connectivity index (χ0n) is 9.41. The molecule has 0 spiro atoms. The van der Waals surface area contributed by atoms with E-state index in [1.165, 1.54) is 6.42 Å². The maximum Gasteiger partial charge on any atom is 0.244 e. The van der Waals surface area contributed by atoms with Crippen molar-refractivity contribution in [1.82, 2.24) is 4.57 Å². The molecule has 0 aliphatic rings. The normalized spacial score (nSPS) is 14.5. The molecule has 0 amide bonds. The van der Waals surface area contributed by atoms with Gasteiger partial charge in [-0.1, -0.05) is 6.92 Å². The third-order valence-electron chi connectivity index (χ3n) is 2.53. The molecule has 1 heterocycles. The van der Waals surface area contributed by atoms with Gasteiger partial charge in [-0.3, -0.25) is 0 Å². The third-order valence-corrected chi connectivity index (χ3v) is 2.53. The molecule has 13 heavy (non-hydrogen) atoms. The summed E-state index contributed by atoms with van der Waals surface area (Å²) in [6.45, 7) is 11.1. The Morgan fingerprint density at radius 2 is 2.00 bits per heavy atom. The predicted molar refractivity (Wildman–Crippen MR) is 54.6 cm³/mol. The van der Waals surface area contributed by atoms with Crippen molar-refractivity contribution in [2.24, 2.45) is 0 Å². The van der Waals surface area contributed by atoms with Gasteiger partial charge in [0, 0.05) is 0 Å². The highest BCUT2D eigenvalue weighted by atomic mass is 15.2. The molecule has 2 heteroatoms. The lowest BCUT2D eigenvalue weighted by molar-refractivity contribution is -0.719. The van der Waals surface area contributed by atoms with Crippen molar-refractivity contribution < 1.29 is 4.57 Å². The Hall–Kier alpha value is -0.790. The Labute approximate surface area is 81.2 Å². The molecule has 0 fully saturated rings. The maximum atomic E-state index is 2.27. The van der Waals surface area contributed by atoms with Crippen LogP contribution in [0.4, 0.5) is 0 Å². The summed E-state index contributed by atoms with van der Waals surface area (Å²) in [6, 6.07) is 0.601. The summed E-state index contributed by atoms with van der Waals surface area (Å²) in [5.74, 6) is 0. The van der Waals surface area contributed by atoms with Gasteiger partial charge in [0.2, 0.25) is 6.33 Å². The van der Waals surface area contributed by atoms with Gasteiger partial charge in [0.25, 0.3) is 0 Å². The van der Waals surface area contributed by atoms with Crippen molar-refractivity contribution in [3.63, 3.8) is 0 Å². The molecule has 0 aromatic carbocycles. The van der Waals surface area contributed by atoms with Crippen LogP contribution >= 0.6 is 0 Å². The maximum absolute atomic E-state index is 2.27. The van der Waals surface area contributed by atoms with E-state index in [9.17, 15) is 0 Å². The number of hydrogen-bond donors (Lipinski definition) is 0. The SMILES string of the molecule is CCC(C)[n+]1ccn(C(C)(C)C)c1.